The van der Waals surface area contributed by atoms with Crippen LogP contribution in [0, 0.1) is 5.82 Å². The summed E-state index contributed by atoms with van der Waals surface area (Å²) in [5.41, 5.74) is 1.71. The molecule has 1 aromatic carbocycles. The first kappa shape index (κ1) is 17.9. The van der Waals surface area contributed by atoms with Crippen molar-refractivity contribution in [1.29, 1.82) is 0 Å². The molecule has 2 fully saturated rings. The van der Waals surface area contributed by atoms with Crippen molar-refractivity contribution in [3.05, 3.63) is 35.5 Å². The van der Waals surface area contributed by atoms with Crippen LogP contribution < -0.4 is 0 Å². The van der Waals surface area contributed by atoms with Gasteiger partial charge in [0.2, 0.25) is 5.91 Å². The molecule has 1 aromatic heterocycles. The van der Waals surface area contributed by atoms with Crippen LogP contribution in [0.4, 0.5) is 4.39 Å². The number of carbonyl (C=O) groups is 1. The summed E-state index contributed by atoms with van der Waals surface area (Å²) in [7, 11) is 0. The van der Waals surface area contributed by atoms with Crippen molar-refractivity contribution in [1.82, 2.24) is 9.88 Å². The average molecular weight is 393 g/mol. The van der Waals surface area contributed by atoms with Crippen LogP contribution >= 0.6 is 23.1 Å². The lowest BCUT2D eigenvalue weighted by Gasteiger charge is -2.43. The number of aromatic nitrogens is 1. The Morgan fingerprint density at radius 3 is 2.96 bits per heavy atom. The van der Waals surface area contributed by atoms with Crippen LogP contribution in [0.2, 0.25) is 0 Å². The van der Waals surface area contributed by atoms with Crippen molar-refractivity contribution >= 4 is 29.0 Å². The minimum atomic E-state index is -0.254. The van der Waals surface area contributed by atoms with E-state index in [1.165, 1.54) is 48.1 Å². The zero-order valence-electron chi connectivity index (χ0n) is 14.4. The van der Waals surface area contributed by atoms with Crippen LogP contribution in [0.15, 0.2) is 34.0 Å². The molecule has 2 atom stereocenters. The van der Waals surface area contributed by atoms with E-state index in [-0.39, 0.29) is 23.9 Å². The number of hydrogen-bond donors (Lipinski definition) is 0. The Bertz CT molecular complexity index is 763. The number of fused-ring (bicyclic) bond motifs is 1. The zero-order valence-corrected chi connectivity index (χ0v) is 16.0. The van der Waals surface area contributed by atoms with Gasteiger partial charge < -0.3 is 9.64 Å². The van der Waals surface area contributed by atoms with Crippen molar-refractivity contribution in [2.24, 2.45) is 0 Å². The summed E-state index contributed by atoms with van der Waals surface area (Å²) >= 11 is 3.00. The molecule has 1 amide bonds. The number of carbonyl (C=O) groups excluding carboxylic acids is 1. The number of hydrogen-bond acceptors (Lipinski definition) is 5. The fourth-order valence-electron chi connectivity index (χ4n) is 3.69. The van der Waals surface area contributed by atoms with Gasteiger partial charge in [-0.3, -0.25) is 4.79 Å². The molecule has 138 valence electrons. The Morgan fingerprint density at radius 2 is 2.12 bits per heavy atom. The van der Waals surface area contributed by atoms with Crippen LogP contribution in [0.25, 0.3) is 11.3 Å². The lowest BCUT2D eigenvalue weighted by molar-refractivity contribution is -0.146. The number of amides is 1. The fourth-order valence-corrected chi connectivity index (χ4v) is 5.41. The molecule has 0 bridgehead atoms. The summed E-state index contributed by atoms with van der Waals surface area (Å²) in [6.45, 7) is 1.34. The van der Waals surface area contributed by atoms with E-state index in [9.17, 15) is 9.18 Å². The number of thioether (sulfide) groups is 1. The van der Waals surface area contributed by atoms with Gasteiger partial charge in [-0.25, -0.2) is 9.37 Å². The molecule has 1 saturated carbocycles. The molecular formula is C19H21FN2O2S2. The number of morpholine rings is 1. The highest BCUT2D eigenvalue weighted by Crippen LogP contribution is 2.31. The monoisotopic (exact) mass is 392 g/mol. The summed E-state index contributed by atoms with van der Waals surface area (Å²) in [5.74, 6) is 0.323. The summed E-state index contributed by atoms with van der Waals surface area (Å²) in [6.07, 6.45) is 4.71. The molecule has 1 aliphatic carbocycles. The molecule has 1 aliphatic heterocycles. The van der Waals surface area contributed by atoms with Gasteiger partial charge in [-0.1, -0.05) is 24.6 Å². The molecule has 4 rings (SSSR count). The number of halogens is 1. The molecule has 4 nitrogen and oxygen atoms in total. The Morgan fingerprint density at radius 1 is 1.31 bits per heavy atom. The second-order valence-corrected chi connectivity index (χ2v) is 8.72. The van der Waals surface area contributed by atoms with Crippen molar-refractivity contribution in [2.75, 3.05) is 18.9 Å². The molecule has 26 heavy (non-hydrogen) atoms. The van der Waals surface area contributed by atoms with E-state index >= 15 is 0 Å². The summed E-state index contributed by atoms with van der Waals surface area (Å²) in [4.78, 5) is 19.3. The molecule has 0 radical (unpaired) electrons. The van der Waals surface area contributed by atoms with Gasteiger partial charge in [0.25, 0.3) is 0 Å². The number of nitrogens with zero attached hydrogens (tertiary/aromatic N) is 2. The van der Waals surface area contributed by atoms with Crippen LogP contribution in [0.5, 0.6) is 0 Å². The third-order valence-electron chi connectivity index (χ3n) is 4.99. The van der Waals surface area contributed by atoms with E-state index in [1.807, 2.05) is 10.3 Å². The maximum absolute atomic E-state index is 13.0. The lowest BCUT2D eigenvalue weighted by atomic mass is 9.90. The van der Waals surface area contributed by atoms with Crippen molar-refractivity contribution in [3.63, 3.8) is 0 Å². The predicted octanol–water partition coefficient (Wildman–Crippen LogP) is 4.21. The zero-order chi connectivity index (χ0) is 17.9. The third-order valence-corrected chi connectivity index (χ3v) is 7.00. The molecule has 2 aliphatic rings. The van der Waals surface area contributed by atoms with Crippen LogP contribution in [0.1, 0.15) is 25.7 Å². The number of ether oxygens (including phenoxy) is 1. The van der Waals surface area contributed by atoms with Crippen molar-refractivity contribution in [2.45, 2.75) is 42.2 Å². The van der Waals surface area contributed by atoms with E-state index < -0.39 is 0 Å². The van der Waals surface area contributed by atoms with E-state index in [2.05, 4.69) is 4.98 Å². The lowest BCUT2D eigenvalue weighted by Crippen LogP contribution is -2.55. The summed E-state index contributed by atoms with van der Waals surface area (Å²) in [6, 6.07) is 6.56. The van der Waals surface area contributed by atoms with Crippen molar-refractivity contribution < 1.29 is 13.9 Å². The Kier molecular flexibility index (Phi) is 5.57. The molecule has 2 unspecified atom stereocenters. The molecule has 0 spiro atoms. The Balaban J connectivity index is 1.36. The van der Waals surface area contributed by atoms with Gasteiger partial charge in [0.15, 0.2) is 4.34 Å². The molecule has 2 heterocycles. The highest BCUT2D eigenvalue weighted by molar-refractivity contribution is 8.01. The molecular weight excluding hydrogens is 371 g/mol. The Hall–Kier alpha value is -1.44. The fraction of sp³-hybridized carbons (Fsp3) is 0.474. The third kappa shape index (κ3) is 3.94. The van der Waals surface area contributed by atoms with Gasteiger partial charge in [-0.2, -0.15) is 0 Å². The first-order valence-corrected chi connectivity index (χ1v) is 10.8. The second-order valence-electron chi connectivity index (χ2n) is 6.64. The van der Waals surface area contributed by atoms with Gasteiger partial charge in [0.1, 0.15) is 5.82 Å². The normalized spacial score (nSPS) is 22.9. The molecule has 7 heteroatoms. The van der Waals surface area contributed by atoms with Gasteiger partial charge in [-0.05, 0) is 37.1 Å². The van der Waals surface area contributed by atoms with Gasteiger partial charge in [-0.15, -0.1) is 11.3 Å². The predicted molar refractivity (Wildman–Crippen MR) is 102 cm³/mol. The largest absolute Gasteiger partial charge is 0.374 e. The topological polar surface area (TPSA) is 42.4 Å². The van der Waals surface area contributed by atoms with E-state index in [1.54, 1.807) is 12.1 Å². The van der Waals surface area contributed by atoms with Gasteiger partial charge >= 0.3 is 0 Å². The van der Waals surface area contributed by atoms with Crippen LogP contribution in [-0.2, 0) is 9.53 Å². The minimum absolute atomic E-state index is 0.175. The summed E-state index contributed by atoms with van der Waals surface area (Å²) < 4.78 is 19.8. The van der Waals surface area contributed by atoms with Gasteiger partial charge in [0, 0.05) is 17.5 Å². The SMILES string of the molecule is O=C(CSc1nc(-c2ccc(F)cc2)cs1)N1CCOC2CCCCC21. The number of rotatable bonds is 4. The minimum Gasteiger partial charge on any atom is -0.374 e. The van der Waals surface area contributed by atoms with E-state index in [0.29, 0.717) is 18.9 Å². The number of thiazole rings is 1. The van der Waals surface area contributed by atoms with Crippen LogP contribution in [0.3, 0.4) is 0 Å². The second kappa shape index (κ2) is 8.06. The average Bonchev–Trinajstić information content (AvgIpc) is 3.15. The standard InChI is InChI=1S/C19H21FN2O2S2/c20-14-7-5-13(6-8-14)15-11-25-19(21-15)26-12-18(23)22-9-10-24-17-4-2-1-3-16(17)22/h5-8,11,16-17H,1-4,9-10,12H2. The first-order valence-electron chi connectivity index (χ1n) is 8.96. The smallest absolute Gasteiger partial charge is 0.233 e. The van der Waals surface area contributed by atoms with Crippen LogP contribution in [-0.4, -0.2) is 46.8 Å². The number of benzene rings is 1. The van der Waals surface area contributed by atoms with E-state index in [0.717, 1.165) is 28.4 Å². The Labute approximate surface area is 160 Å². The maximum atomic E-state index is 13.0. The quantitative estimate of drug-likeness (QED) is 0.731. The highest BCUT2D eigenvalue weighted by Gasteiger charge is 2.36. The maximum Gasteiger partial charge on any atom is 0.233 e. The van der Waals surface area contributed by atoms with E-state index in [4.69, 9.17) is 4.74 Å². The molecule has 2 aromatic rings. The molecule has 1 saturated heterocycles. The molecule has 0 N–H and O–H groups in total. The summed E-state index contributed by atoms with van der Waals surface area (Å²) in [5, 5.41) is 1.95. The first-order chi connectivity index (χ1) is 12.7. The van der Waals surface area contributed by atoms with Gasteiger partial charge in [0.05, 0.1) is 30.2 Å². The highest BCUT2D eigenvalue weighted by atomic mass is 32.2. The van der Waals surface area contributed by atoms with Crippen molar-refractivity contribution in [3.8, 4) is 11.3 Å².